The molecule has 0 atom stereocenters. The van der Waals surface area contributed by atoms with E-state index < -0.39 is 0 Å². The molecule has 1 amide bonds. The summed E-state index contributed by atoms with van der Waals surface area (Å²) in [6.45, 7) is 3.73. The zero-order valence-electron chi connectivity index (χ0n) is 12.5. The summed E-state index contributed by atoms with van der Waals surface area (Å²) < 4.78 is 5.24. The maximum atomic E-state index is 12.5. The van der Waals surface area contributed by atoms with E-state index in [2.05, 4.69) is 27.2 Å². The maximum absolute atomic E-state index is 12.5. The van der Waals surface area contributed by atoms with E-state index in [9.17, 15) is 4.79 Å². The van der Waals surface area contributed by atoms with Gasteiger partial charge in [0.1, 0.15) is 11.5 Å². The Morgan fingerprint density at radius 3 is 2.86 bits per heavy atom. The molecule has 7 nitrogen and oxygen atoms in total. The first kappa shape index (κ1) is 14.5. The van der Waals surface area contributed by atoms with Crippen LogP contribution in [0.4, 0.5) is 5.95 Å². The number of hydrogen-bond acceptors (Lipinski definition) is 6. The number of amides is 1. The van der Waals surface area contributed by atoms with Gasteiger partial charge in [0.25, 0.3) is 5.91 Å². The number of rotatable bonds is 4. The van der Waals surface area contributed by atoms with E-state index in [1.54, 1.807) is 18.5 Å². The van der Waals surface area contributed by atoms with Crippen LogP contribution in [0.3, 0.4) is 0 Å². The molecule has 1 N–H and O–H groups in total. The molecule has 7 heteroatoms. The van der Waals surface area contributed by atoms with Gasteiger partial charge in [0.05, 0.1) is 12.8 Å². The van der Waals surface area contributed by atoms with E-state index >= 15 is 0 Å². The van der Waals surface area contributed by atoms with E-state index in [4.69, 9.17) is 4.42 Å². The topological polar surface area (TPSA) is 74.5 Å². The standard InChI is InChI=1S/C15H19N5O2/c1-19-6-8-20(9-7-19)14(21)13-4-5-16-15(18-13)17-11-12-3-2-10-22-12/h2-5,10H,6-9,11H2,1H3,(H,16,17,18). The molecular weight excluding hydrogens is 282 g/mol. The second-order valence-electron chi connectivity index (χ2n) is 5.29. The van der Waals surface area contributed by atoms with E-state index in [0.717, 1.165) is 31.9 Å². The van der Waals surface area contributed by atoms with Gasteiger partial charge in [0.15, 0.2) is 0 Å². The molecule has 3 rings (SSSR count). The van der Waals surface area contributed by atoms with E-state index in [1.165, 1.54) is 0 Å². The molecule has 2 aromatic rings. The van der Waals surface area contributed by atoms with Crippen LogP contribution in [0.25, 0.3) is 0 Å². The van der Waals surface area contributed by atoms with Crippen molar-refractivity contribution in [1.29, 1.82) is 0 Å². The minimum Gasteiger partial charge on any atom is -0.467 e. The molecule has 0 bridgehead atoms. The summed E-state index contributed by atoms with van der Waals surface area (Å²) in [5, 5.41) is 3.06. The number of furan rings is 1. The van der Waals surface area contributed by atoms with Crippen LogP contribution in [0.1, 0.15) is 16.2 Å². The highest BCUT2D eigenvalue weighted by Gasteiger charge is 2.21. The Morgan fingerprint density at radius 2 is 2.14 bits per heavy atom. The molecule has 1 aliphatic heterocycles. The number of piperazine rings is 1. The number of carbonyl (C=O) groups excluding carboxylic acids is 1. The summed E-state index contributed by atoms with van der Waals surface area (Å²) in [5.41, 5.74) is 0.418. The lowest BCUT2D eigenvalue weighted by molar-refractivity contribution is 0.0658. The van der Waals surface area contributed by atoms with Crippen molar-refractivity contribution in [1.82, 2.24) is 19.8 Å². The lowest BCUT2D eigenvalue weighted by Gasteiger charge is -2.32. The molecular formula is C15H19N5O2. The van der Waals surface area contributed by atoms with Gasteiger partial charge in [-0.15, -0.1) is 0 Å². The smallest absolute Gasteiger partial charge is 0.272 e. The Morgan fingerprint density at radius 1 is 1.32 bits per heavy atom. The van der Waals surface area contributed by atoms with Crippen molar-refractivity contribution in [2.45, 2.75) is 6.54 Å². The third kappa shape index (κ3) is 3.43. The average molecular weight is 301 g/mol. The fourth-order valence-electron chi connectivity index (χ4n) is 2.31. The van der Waals surface area contributed by atoms with Crippen LogP contribution in [-0.2, 0) is 6.54 Å². The molecule has 0 unspecified atom stereocenters. The van der Waals surface area contributed by atoms with Gasteiger partial charge >= 0.3 is 0 Å². The van der Waals surface area contributed by atoms with Crippen molar-refractivity contribution < 1.29 is 9.21 Å². The number of carbonyl (C=O) groups is 1. The minimum absolute atomic E-state index is 0.0449. The number of anilines is 1. The Bertz CT molecular complexity index is 621. The molecule has 3 heterocycles. The molecule has 1 aliphatic rings. The molecule has 0 saturated carbocycles. The Balaban J connectivity index is 1.64. The largest absolute Gasteiger partial charge is 0.467 e. The summed E-state index contributed by atoms with van der Waals surface area (Å²) >= 11 is 0. The third-order valence-electron chi connectivity index (χ3n) is 3.67. The van der Waals surface area contributed by atoms with Gasteiger partial charge in [-0.05, 0) is 25.2 Å². The van der Waals surface area contributed by atoms with Crippen molar-refractivity contribution >= 4 is 11.9 Å². The van der Waals surface area contributed by atoms with Crippen LogP contribution >= 0.6 is 0 Å². The number of aromatic nitrogens is 2. The first-order valence-electron chi connectivity index (χ1n) is 7.29. The number of nitrogens with zero attached hydrogens (tertiary/aromatic N) is 4. The molecule has 0 spiro atoms. The molecule has 22 heavy (non-hydrogen) atoms. The SMILES string of the molecule is CN1CCN(C(=O)c2ccnc(NCc3ccco3)n2)CC1. The molecule has 1 saturated heterocycles. The average Bonchev–Trinajstić information content (AvgIpc) is 3.07. The molecule has 0 aliphatic carbocycles. The number of likely N-dealkylation sites (N-methyl/N-ethyl adjacent to an activating group) is 1. The summed E-state index contributed by atoms with van der Waals surface area (Å²) in [6.07, 6.45) is 3.21. The Hall–Kier alpha value is -2.41. The first-order valence-corrected chi connectivity index (χ1v) is 7.29. The molecule has 1 fully saturated rings. The fourth-order valence-corrected chi connectivity index (χ4v) is 2.31. The highest BCUT2D eigenvalue weighted by molar-refractivity contribution is 5.92. The van der Waals surface area contributed by atoms with E-state index in [0.29, 0.717) is 18.2 Å². The van der Waals surface area contributed by atoms with Crippen molar-refractivity contribution in [3.63, 3.8) is 0 Å². The van der Waals surface area contributed by atoms with Crippen LogP contribution in [0, 0.1) is 0 Å². The van der Waals surface area contributed by atoms with Gasteiger partial charge in [0.2, 0.25) is 5.95 Å². The number of hydrogen-bond donors (Lipinski definition) is 1. The van der Waals surface area contributed by atoms with Crippen LogP contribution in [0.15, 0.2) is 35.1 Å². The molecule has 2 aromatic heterocycles. The lowest BCUT2D eigenvalue weighted by atomic mass is 10.3. The first-order chi connectivity index (χ1) is 10.7. The van der Waals surface area contributed by atoms with Gasteiger partial charge in [-0.2, -0.15) is 0 Å². The molecule has 0 aromatic carbocycles. The van der Waals surface area contributed by atoms with Gasteiger partial charge in [-0.25, -0.2) is 9.97 Å². The minimum atomic E-state index is -0.0449. The summed E-state index contributed by atoms with van der Waals surface area (Å²) in [4.78, 5) is 24.9. The monoisotopic (exact) mass is 301 g/mol. The lowest BCUT2D eigenvalue weighted by Crippen LogP contribution is -2.47. The van der Waals surface area contributed by atoms with Crippen LogP contribution in [0.5, 0.6) is 0 Å². The Kier molecular flexibility index (Phi) is 4.34. The zero-order chi connectivity index (χ0) is 15.4. The second-order valence-corrected chi connectivity index (χ2v) is 5.29. The van der Waals surface area contributed by atoms with E-state index in [1.807, 2.05) is 17.0 Å². The fraction of sp³-hybridized carbons (Fsp3) is 0.400. The summed E-state index contributed by atoms with van der Waals surface area (Å²) in [7, 11) is 2.06. The Labute approximate surface area is 129 Å². The zero-order valence-corrected chi connectivity index (χ0v) is 12.5. The summed E-state index contributed by atoms with van der Waals surface area (Å²) in [6, 6.07) is 5.34. The van der Waals surface area contributed by atoms with Crippen molar-refractivity contribution in [3.8, 4) is 0 Å². The van der Waals surface area contributed by atoms with Gasteiger partial charge < -0.3 is 19.5 Å². The summed E-state index contributed by atoms with van der Waals surface area (Å²) in [5.74, 6) is 1.17. The molecule has 0 radical (unpaired) electrons. The van der Waals surface area contributed by atoms with E-state index in [-0.39, 0.29) is 5.91 Å². The highest BCUT2D eigenvalue weighted by atomic mass is 16.3. The maximum Gasteiger partial charge on any atom is 0.272 e. The van der Waals surface area contributed by atoms with Gasteiger partial charge in [-0.1, -0.05) is 0 Å². The van der Waals surface area contributed by atoms with Gasteiger partial charge in [0, 0.05) is 32.4 Å². The highest BCUT2D eigenvalue weighted by Crippen LogP contribution is 2.09. The molecule has 116 valence electrons. The van der Waals surface area contributed by atoms with Crippen LogP contribution in [-0.4, -0.2) is 58.9 Å². The number of nitrogens with one attached hydrogen (secondary N) is 1. The quantitative estimate of drug-likeness (QED) is 0.910. The van der Waals surface area contributed by atoms with Crippen molar-refractivity contribution in [2.75, 3.05) is 38.5 Å². The van der Waals surface area contributed by atoms with Crippen LogP contribution in [0.2, 0.25) is 0 Å². The predicted molar refractivity (Wildman–Crippen MR) is 81.5 cm³/mol. The van der Waals surface area contributed by atoms with Gasteiger partial charge in [-0.3, -0.25) is 4.79 Å². The second kappa shape index (κ2) is 6.57. The van der Waals surface area contributed by atoms with Crippen LogP contribution < -0.4 is 5.32 Å². The predicted octanol–water partition coefficient (Wildman–Crippen LogP) is 1.07. The third-order valence-corrected chi connectivity index (χ3v) is 3.67. The van der Waals surface area contributed by atoms with Crippen molar-refractivity contribution in [2.24, 2.45) is 0 Å². The van der Waals surface area contributed by atoms with Crippen molar-refractivity contribution in [3.05, 3.63) is 42.1 Å². The normalized spacial score (nSPS) is 15.8.